The van der Waals surface area contributed by atoms with Gasteiger partial charge in [0.2, 0.25) is 0 Å². The molecule has 0 spiro atoms. The van der Waals surface area contributed by atoms with Gasteiger partial charge in [-0.15, -0.1) is 0 Å². The van der Waals surface area contributed by atoms with Gasteiger partial charge in [-0.2, -0.15) is 0 Å². The van der Waals surface area contributed by atoms with Gasteiger partial charge < -0.3 is 0 Å². The van der Waals surface area contributed by atoms with Crippen LogP contribution in [-0.2, 0) is 9.68 Å². The summed E-state index contributed by atoms with van der Waals surface area (Å²) in [4.78, 5) is 7.66. The van der Waals surface area contributed by atoms with Crippen LogP contribution in [0.5, 0.6) is 0 Å². The summed E-state index contributed by atoms with van der Waals surface area (Å²) in [6.45, 7) is 1.70. The second-order valence-electron chi connectivity index (χ2n) is 3.58. The Morgan fingerprint density at radius 2 is 1.00 bits per heavy atom. The molecule has 0 aliphatic carbocycles. The van der Waals surface area contributed by atoms with Gasteiger partial charge in [0.15, 0.2) is 0 Å². The quantitative estimate of drug-likeness (QED) is 0.715. The zero-order valence-electron chi connectivity index (χ0n) is 9.16. The van der Waals surface area contributed by atoms with Crippen LogP contribution in [0.1, 0.15) is 19.8 Å². The number of nitrogens with zero attached hydrogens (tertiary/aromatic N) is 6. The van der Waals surface area contributed by atoms with Gasteiger partial charge >= 0.3 is 96.1 Å². The fourth-order valence-electron chi connectivity index (χ4n) is 1.00. The van der Waals surface area contributed by atoms with Crippen molar-refractivity contribution in [1.29, 1.82) is 31.6 Å². The van der Waals surface area contributed by atoms with Gasteiger partial charge in [0.1, 0.15) is 0 Å². The van der Waals surface area contributed by atoms with Crippen LogP contribution < -0.4 is 0 Å². The molecular weight excluding hydrogens is 260 g/mol. The number of rotatable bonds is 3. The van der Waals surface area contributed by atoms with E-state index >= 15 is 0 Å². The summed E-state index contributed by atoms with van der Waals surface area (Å²) in [6.07, 6.45) is 0.560. The Kier molecular flexibility index (Phi) is 2.36. The van der Waals surface area contributed by atoms with Gasteiger partial charge in [-0.1, -0.05) is 0 Å². The van der Waals surface area contributed by atoms with E-state index in [-0.39, 0.29) is 6.42 Å². The number of nitriles is 6. The molecule has 0 radical (unpaired) electrons. The molecule has 0 atom stereocenters. The molecule has 0 aromatic rings. The zero-order valence-corrected chi connectivity index (χ0v) is 10.3. The Morgan fingerprint density at radius 1 is 0.706 bits per heavy atom. The standard InChI is InChI=1S/C4H9.6CN.Fe/c1-3-4-2;6*1-2;/h1,3-4H2,2H3;;;;;;;. The van der Waals surface area contributed by atoms with E-state index in [9.17, 15) is 31.6 Å². The summed E-state index contributed by atoms with van der Waals surface area (Å²) < 4.78 is 0. The second-order valence-corrected chi connectivity index (χ2v) is 12.1. The molecule has 0 bridgehead atoms. The molecule has 0 aliphatic rings. The number of hydrogen-bond donors (Lipinski definition) is 0. The van der Waals surface area contributed by atoms with Crippen LogP contribution in [0.3, 0.4) is 0 Å². The van der Waals surface area contributed by atoms with E-state index < -0.39 is 15.0 Å². The van der Waals surface area contributed by atoms with Crippen LogP contribution in [0.25, 0.3) is 0 Å². The van der Waals surface area contributed by atoms with E-state index in [0.717, 1.165) is 0 Å². The summed E-state index contributed by atoms with van der Waals surface area (Å²) in [6, 6.07) is 0. The molecule has 0 aromatic heterocycles. The van der Waals surface area contributed by atoms with Crippen LogP contribution in [0.15, 0.2) is 0 Å². The molecule has 0 aromatic carbocycles. The van der Waals surface area contributed by atoms with Crippen molar-refractivity contribution in [3.05, 3.63) is 0 Å². The van der Waals surface area contributed by atoms with Gasteiger partial charge in [0.25, 0.3) is 0 Å². The first-order valence-electron chi connectivity index (χ1n) is 4.36. The van der Waals surface area contributed by atoms with Gasteiger partial charge in [-0.3, -0.25) is 0 Å². The van der Waals surface area contributed by atoms with E-state index in [1.165, 1.54) is 29.8 Å². The van der Waals surface area contributed by atoms with E-state index in [0.29, 0.717) is 6.42 Å². The molecule has 0 heterocycles. The van der Waals surface area contributed by atoms with Crippen LogP contribution >= 0.6 is 0 Å². The van der Waals surface area contributed by atoms with Gasteiger partial charge in [0, 0.05) is 0 Å². The predicted octanol–water partition coefficient (Wildman–Crippen LogP) is 1.85. The molecule has 0 saturated heterocycles. The van der Waals surface area contributed by atoms with Gasteiger partial charge in [-0.25, -0.2) is 0 Å². The van der Waals surface area contributed by atoms with E-state index in [4.69, 9.17) is 0 Å². The zero-order chi connectivity index (χ0) is 13.7. The Labute approximate surface area is 96.4 Å². The van der Waals surface area contributed by atoms with Crippen LogP contribution in [0, 0.1) is 61.4 Å². The Bertz CT molecular complexity index is 505. The van der Waals surface area contributed by atoms with Crippen molar-refractivity contribution in [2.75, 3.05) is 0 Å². The fraction of sp³-hybridized carbons (Fsp3) is 0.400. The molecular formula is C10H9FeN6. The summed E-state index contributed by atoms with van der Waals surface area (Å²) in [5, 5.41) is 54.9. The van der Waals surface area contributed by atoms with Crippen molar-refractivity contribution >= 4 is 0 Å². The van der Waals surface area contributed by atoms with Crippen molar-refractivity contribution < 1.29 is 9.68 Å². The third-order valence-corrected chi connectivity index (χ3v) is 9.33. The maximum atomic E-state index is 9.26. The molecule has 0 amide bonds. The molecule has 6 nitrogen and oxygen atoms in total. The van der Waals surface area contributed by atoms with Crippen LogP contribution in [0.4, 0.5) is 0 Å². The average molecular weight is 269 g/mol. The molecule has 0 unspecified atom stereocenters. The first-order valence-corrected chi connectivity index (χ1v) is 8.45. The van der Waals surface area contributed by atoms with Crippen LogP contribution in [0.2, 0.25) is 5.32 Å². The Morgan fingerprint density at radius 3 is 1.18 bits per heavy atom. The van der Waals surface area contributed by atoms with Crippen molar-refractivity contribution in [3.8, 4) is 29.8 Å². The molecule has 0 N–H and O–H groups in total. The normalized spacial score (nSPS) is 15.6. The summed E-state index contributed by atoms with van der Waals surface area (Å²) >= 11 is 0. The predicted molar refractivity (Wildman–Crippen MR) is 53.4 cm³/mol. The molecule has 7 heteroatoms. The van der Waals surface area contributed by atoms with Gasteiger partial charge in [-0.05, 0) is 0 Å². The van der Waals surface area contributed by atoms with E-state index in [2.05, 4.69) is 0 Å². The first kappa shape index (κ1) is 14.5. The van der Waals surface area contributed by atoms with Crippen molar-refractivity contribution in [2.45, 2.75) is 25.1 Å². The van der Waals surface area contributed by atoms with Crippen molar-refractivity contribution in [2.24, 2.45) is 0 Å². The monoisotopic (exact) mass is 269 g/mol. The topological polar surface area (TPSA) is 143 Å². The summed E-state index contributed by atoms with van der Waals surface area (Å²) in [7, 11) is -6.91. The van der Waals surface area contributed by atoms with Crippen molar-refractivity contribution in [3.63, 3.8) is 0 Å². The third-order valence-electron chi connectivity index (χ3n) is 2.53. The number of unbranched alkanes of at least 4 members (excludes halogenated alkanes) is 1. The maximum absolute atomic E-state index is 9.26. The fourth-order valence-corrected chi connectivity index (χ4v) is 4.13. The number of hydrogen-bond acceptors (Lipinski definition) is 6. The van der Waals surface area contributed by atoms with Crippen molar-refractivity contribution in [1.82, 2.24) is 0 Å². The molecule has 0 fully saturated rings. The summed E-state index contributed by atoms with van der Waals surface area (Å²) in [5.74, 6) is 0. The molecule has 87 valence electrons. The Balaban J connectivity index is 7.21. The second kappa shape index (κ2) is 2.77. The minimum absolute atomic E-state index is 0.108. The van der Waals surface area contributed by atoms with Crippen LogP contribution in [-0.4, -0.2) is 0 Å². The average Bonchev–Trinajstić information content (AvgIpc) is 2.45. The van der Waals surface area contributed by atoms with Gasteiger partial charge in [0.05, 0.1) is 0 Å². The molecule has 17 heavy (non-hydrogen) atoms. The summed E-state index contributed by atoms with van der Waals surface area (Å²) in [5.41, 5.74) is 0. The molecule has 0 aliphatic heterocycles. The third kappa shape index (κ3) is 1.03. The molecule has 0 saturated carbocycles. The minimum atomic E-state index is -6.91. The first-order chi connectivity index (χ1) is 7.82. The van der Waals surface area contributed by atoms with E-state index in [1.54, 1.807) is 6.92 Å². The molecule has 0 rings (SSSR count). The Hall–Kier alpha value is -2.54. The SMILES string of the molecule is CCC[CH2][Fe]([C]#N)([C]#N)([C]#N)([C]#N)([C]#N)[C]#N. The van der Waals surface area contributed by atoms with E-state index in [1.807, 2.05) is 0 Å².